The van der Waals surface area contributed by atoms with E-state index in [1.807, 2.05) is 0 Å². The van der Waals surface area contributed by atoms with E-state index in [9.17, 15) is 0 Å². The van der Waals surface area contributed by atoms with Gasteiger partial charge in [-0.05, 0) is 13.0 Å². The van der Waals surface area contributed by atoms with E-state index in [0.717, 1.165) is 25.4 Å². The fourth-order valence-electron chi connectivity index (χ4n) is 1.06. The van der Waals surface area contributed by atoms with E-state index in [1.54, 1.807) is 0 Å². The van der Waals surface area contributed by atoms with Gasteiger partial charge in [-0.3, -0.25) is 0 Å². The summed E-state index contributed by atoms with van der Waals surface area (Å²) in [6.07, 6.45) is 0.950. The molecule has 0 aliphatic heterocycles. The topological polar surface area (TPSA) is 33.6 Å². The summed E-state index contributed by atoms with van der Waals surface area (Å²) < 4.78 is 5.50. The van der Waals surface area contributed by atoms with Gasteiger partial charge >= 0.3 is 0 Å². The van der Waals surface area contributed by atoms with Crippen LogP contribution in [0, 0.1) is 0 Å². The summed E-state index contributed by atoms with van der Waals surface area (Å²) in [6.45, 7) is 13.5. The number of rotatable bonds is 7. The second kappa shape index (κ2) is 7.88. The van der Waals surface area contributed by atoms with Gasteiger partial charge in [-0.1, -0.05) is 26.6 Å². The average molecular weight is 230 g/mol. The number of amidine groups is 1. The van der Waals surface area contributed by atoms with Crippen molar-refractivity contribution in [3.05, 3.63) is 0 Å². The molecule has 90 valence electrons. The van der Waals surface area contributed by atoms with Crippen LogP contribution < -0.4 is 5.32 Å². The van der Waals surface area contributed by atoms with Gasteiger partial charge in [0.25, 0.3) is 0 Å². The summed E-state index contributed by atoms with van der Waals surface area (Å²) in [5.74, 6) is 1.05. The number of nitrogens with one attached hydrogen (secondary N) is 1. The van der Waals surface area contributed by atoms with Crippen LogP contribution in [0.3, 0.4) is 0 Å². The normalized spacial score (nSPS) is 13.0. The fourth-order valence-corrected chi connectivity index (χ4v) is 1.82. The van der Waals surface area contributed by atoms with Gasteiger partial charge in [0.1, 0.15) is 6.73 Å². The van der Waals surface area contributed by atoms with Crippen molar-refractivity contribution < 1.29 is 4.74 Å². The van der Waals surface area contributed by atoms with Crippen molar-refractivity contribution in [1.82, 2.24) is 5.32 Å². The lowest BCUT2D eigenvalue weighted by Crippen LogP contribution is -2.23. The lowest BCUT2D eigenvalue weighted by atomic mass is 10.4. The third-order valence-electron chi connectivity index (χ3n) is 2.06. The standard InChI is InChI=1S/C11H26N2OSi/c1-6-11(12-7-2)13-10-14-8-9-15(3,4)5/h6-10H2,1-5H3,(H,12,13). The summed E-state index contributed by atoms with van der Waals surface area (Å²) in [6, 6.07) is 1.21. The Morgan fingerprint density at radius 1 is 1.27 bits per heavy atom. The average Bonchev–Trinajstić information content (AvgIpc) is 2.14. The van der Waals surface area contributed by atoms with Crippen LogP contribution in [0.5, 0.6) is 0 Å². The lowest BCUT2D eigenvalue weighted by molar-refractivity contribution is 0.155. The Hall–Kier alpha value is -0.353. The van der Waals surface area contributed by atoms with E-state index in [4.69, 9.17) is 4.74 Å². The molecule has 0 spiro atoms. The van der Waals surface area contributed by atoms with Gasteiger partial charge in [0, 0.05) is 27.6 Å². The van der Waals surface area contributed by atoms with E-state index in [-0.39, 0.29) is 0 Å². The molecule has 15 heavy (non-hydrogen) atoms. The number of aliphatic imine (C=N–C) groups is 1. The highest BCUT2D eigenvalue weighted by molar-refractivity contribution is 6.76. The van der Waals surface area contributed by atoms with E-state index in [1.165, 1.54) is 6.04 Å². The Labute approximate surface area is 95.3 Å². The van der Waals surface area contributed by atoms with Gasteiger partial charge < -0.3 is 10.1 Å². The summed E-state index contributed by atoms with van der Waals surface area (Å²) in [5.41, 5.74) is 0. The molecule has 0 atom stereocenters. The van der Waals surface area contributed by atoms with Crippen molar-refractivity contribution in [1.29, 1.82) is 0 Å². The van der Waals surface area contributed by atoms with Crippen molar-refractivity contribution in [2.45, 2.75) is 46.0 Å². The van der Waals surface area contributed by atoms with Gasteiger partial charge in [-0.15, -0.1) is 0 Å². The van der Waals surface area contributed by atoms with Crippen molar-refractivity contribution >= 4 is 13.9 Å². The van der Waals surface area contributed by atoms with Crippen molar-refractivity contribution in [3.63, 3.8) is 0 Å². The molecule has 0 fully saturated rings. The molecule has 0 unspecified atom stereocenters. The first kappa shape index (κ1) is 14.6. The van der Waals surface area contributed by atoms with Crippen LogP contribution in [-0.2, 0) is 4.74 Å². The Balaban J connectivity index is 3.59. The quantitative estimate of drug-likeness (QED) is 0.316. The number of hydrogen-bond acceptors (Lipinski definition) is 2. The van der Waals surface area contributed by atoms with Crippen LogP contribution in [-0.4, -0.2) is 33.8 Å². The molecule has 1 N–H and O–H groups in total. The second-order valence-corrected chi connectivity index (χ2v) is 10.5. The molecule has 3 nitrogen and oxygen atoms in total. The molecule has 0 aliphatic rings. The third-order valence-corrected chi connectivity index (χ3v) is 3.76. The zero-order chi connectivity index (χ0) is 11.7. The molecule has 0 saturated carbocycles. The van der Waals surface area contributed by atoms with Crippen LogP contribution in [0.25, 0.3) is 0 Å². The van der Waals surface area contributed by atoms with Crippen molar-refractivity contribution in [2.75, 3.05) is 19.9 Å². The zero-order valence-electron chi connectivity index (χ0n) is 10.9. The molecule has 0 aromatic rings. The van der Waals surface area contributed by atoms with Gasteiger partial charge in [-0.2, -0.15) is 0 Å². The molecule has 4 heteroatoms. The SMILES string of the molecule is CCNC(CC)=NCOCC[Si](C)(C)C. The van der Waals surface area contributed by atoms with Crippen molar-refractivity contribution in [3.8, 4) is 0 Å². The maximum absolute atomic E-state index is 5.50. The predicted molar refractivity (Wildman–Crippen MR) is 70.4 cm³/mol. The highest BCUT2D eigenvalue weighted by atomic mass is 28.3. The van der Waals surface area contributed by atoms with Gasteiger partial charge in [0.15, 0.2) is 0 Å². The maximum atomic E-state index is 5.50. The number of ether oxygens (including phenoxy) is 1. The molecule has 0 saturated heterocycles. The van der Waals surface area contributed by atoms with Crippen LogP contribution in [0.15, 0.2) is 4.99 Å². The molecule has 0 bridgehead atoms. The molecular weight excluding hydrogens is 204 g/mol. The fraction of sp³-hybridized carbons (Fsp3) is 0.909. The molecule has 0 radical (unpaired) electrons. The highest BCUT2D eigenvalue weighted by Crippen LogP contribution is 2.07. The summed E-state index contributed by atoms with van der Waals surface area (Å²) in [5, 5.41) is 3.22. The Kier molecular flexibility index (Phi) is 7.69. The molecular formula is C11H26N2OSi. The van der Waals surface area contributed by atoms with E-state index < -0.39 is 8.07 Å². The largest absolute Gasteiger partial charge is 0.374 e. The van der Waals surface area contributed by atoms with E-state index in [2.05, 4.69) is 43.8 Å². The number of hydrogen-bond donors (Lipinski definition) is 1. The third kappa shape index (κ3) is 9.94. The zero-order valence-corrected chi connectivity index (χ0v) is 11.9. The van der Waals surface area contributed by atoms with Gasteiger partial charge in [0.2, 0.25) is 0 Å². The monoisotopic (exact) mass is 230 g/mol. The number of nitrogens with zero attached hydrogens (tertiary/aromatic N) is 1. The minimum Gasteiger partial charge on any atom is -0.374 e. The molecule has 0 amide bonds. The summed E-state index contributed by atoms with van der Waals surface area (Å²) in [4.78, 5) is 4.35. The first-order valence-electron chi connectivity index (χ1n) is 5.84. The Morgan fingerprint density at radius 2 is 1.93 bits per heavy atom. The Bertz CT molecular complexity index is 188. The van der Waals surface area contributed by atoms with Crippen LogP contribution in [0.2, 0.25) is 25.7 Å². The Morgan fingerprint density at radius 3 is 2.40 bits per heavy atom. The smallest absolute Gasteiger partial charge is 0.139 e. The molecule has 0 rings (SSSR count). The van der Waals surface area contributed by atoms with Crippen LogP contribution in [0.1, 0.15) is 20.3 Å². The minimum absolute atomic E-state index is 0.501. The molecule has 0 aliphatic carbocycles. The maximum Gasteiger partial charge on any atom is 0.139 e. The highest BCUT2D eigenvalue weighted by Gasteiger charge is 2.11. The van der Waals surface area contributed by atoms with Crippen LogP contribution in [0.4, 0.5) is 0 Å². The van der Waals surface area contributed by atoms with Crippen LogP contribution >= 0.6 is 0 Å². The summed E-state index contributed by atoms with van der Waals surface area (Å²) >= 11 is 0. The summed E-state index contributed by atoms with van der Waals surface area (Å²) in [7, 11) is -0.947. The second-order valence-electron chi connectivity index (χ2n) is 4.84. The first-order chi connectivity index (χ1) is 6.99. The first-order valence-corrected chi connectivity index (χ1v) is 9.55. The lowest BCUT2D eigenvalue weighted by Gasteiger charge is -2.14. The predicted octanol–water partition coefficient (Wildman–Crippen LogP) is 2.72. The minimum atomic E-state index is -0.947. The van der Waals surface area contributed by atoms with Gasteiger partial charge in [0.05, 0.1) is 5.84 Å². The molecule has 0 aromatic heterocycles. The molecule has 0 aromatic carbocycles. The van der Waals surface area contributed by atoms with E-state index in [0.29, 0.717) is 6.73 Å². The molecule has 0 heterocycles. The van der Waals surface area contributed by atoms with E-state index >= 15 is 0 Å². The van der Waals surface area contributed by atoms with Crippen molar-refractivity contribution in [2.24, 2.45) is 4.99 Å². The van der Waals surface area contributed by atoms with Gasteiger partial charge in [-0.25, -0.2) is 4.99 Å².